The van der Waals surface area contributed by atoms with E-state index in [2.05, 4.69) is 62.5 Å². The molecule has 2 aliphatic rings. The number of aliphatic hydroxyl groups is 7. The zero-order valence-corrected chi connectivity index (χ0v) is 48.7. The van der Waals surface area contributed by atoms with Gasteiger partial charge in [0.2, 0.25) is 0 Å². The highest BCUT2D eigenvalue weighted by molar-refractivity contribution is 5.70. The van der Waals surface area contributed by atoms with Gasteiger partial charge in [-0.2, -0.15) is 0 Å². The molecule has 78 heavy (non-hydrogen) atoms. The molecule has 2 fully saturated rings. The van der Waals surface area contributed by atoms with E-state index in [9.17, 15) is 45.3 Å². The second kappa shape index (κ2) is 49.1. The van der Waals surface area contributed by atoms with Gasteiger partial charge in [-0.05, 0) is 77.0 Å². The Morgan fingerprint density at radius 3 is 1.22 bits per heavy atom. The number of hydrogen-bond acceptors (Lipinski definition) is 15. The standard InChI is InChI=1S/C63H112O15/c1-3-5-7-9-11-13-15-17-19-21-23-24-25-26-28-30-32-34-36-38-40-42-44-46-55(66)76-51(48-73-54(65)45-43-41-39-37-35-33-31-29-27-22-20-18-16-14-12-10-8-6-4-2)49-74-62-61(72)59(70)57(68)53(78-62)50-75-63-60(71)58(69)56(67)52(47-64)77-63/h12,14-15,17-18,20-21,23,51-53,56-64,67-72H,3-11,13,16,19,22,24-50H2,1-2H3/b14-12-,17-15-,20-18-,23-21-. The van der Waals surface area contributed by atoms with Crippen LogP contribution < -0.4 is 0 Å². The summed E-state index contributed by atoms with van der Waals surface area (Å²) in [6.07, 6.45) is 41.2. The number of ether oxygens (including phenoxy) is 6. The van der Waals surface area contributed by atoms with Crippen LogP contribution in [0.25, 0.3) is 0 Å². The second-order valence-corrected chi connectivity index (χ2v) is 21.9. The van der Waals surface area contributed by atoms with Crippen molar-refractivity contribution in [2.24, 2.45) is 0 Å². The maximum atomic E-state index is 13.1. The van der Waals surface area contributed by atoms with E-state index in [1.165, 1.54) is 141 Å². The molecule has 2 saturated heterocycles. The summed E-state index contributed by atoms with van der Waals surface area (Å²) in [7, 11) is 0. The molecule has 15 heteroatoms. The fourth-order valence-corrected chi connectivity index (χ4v) is 9.69. The zero-order valence-electron chi connectivity index (χ0n) is 48.7. The highest BCUT2D eigenvalue weighted by atomic mass is 16.7. The van der Waals surface area contributed by atoms with E-state index in [4.69, 9.17) is 28.4 Å². The predicted octanol–water partition coefficient (Wildman–Crippen LogP) is 11.4. The van der Waals surface area contributed by atoms with Crippen LogP contribution >= 0.6 is 0 Å². The van der Waals surface area contributed by atoms with E-state index in [0.29, 0.717) is 12.8 Å². The molecule has 0 saturated carbocycles. The third-order valence-electron chi connectivity index (χ3n) is 14.8. The van der Waals surface area contributed by atoms with E-state index in [0.717, 1.165) is 64.2 Å². The van der Waals surface area contributed by atoms with E-state index in [-0.39, 0.29) is 26.1 Å². The Hall–Kier alpha value is -2.54. The van der Waals surface area contributed by atoms with Gasteiger partial charge in [-0.15, -0.1) is 0 Å². The summed E-state index contributed by atoms with van der Waals surface area (Å²) in [6.45, 7) is 2.59. The number of carbonyl (C=O) groups is 2. The highest BCUT2D eigenvalue weighted by Crippen LogP contribution is 2.27. The summed E-state index contributed by atoms with van der Waals surface area (Å²) in [5.41, 5.74) is 0. The van der Waals surface area contributed by atoms with Crippen molar-refractivity contribution in [2.75, 3.05) is 26.4 Å². The summed E-state index contributed by atoms with van der Waals surface area (Å²) in [6, 6.07) is 0. The Morgan fingerprint density at radius 1 is 0.410 bits per heavy atom. The van der Waals surface area contributed by atoms with E-state index < -0.39 is 92.7 Å². The van der Waals surface area contributed by atoms with Crippen LogP contribution in [0.5, 0.6) is 0 Å². The van der Waals surface area contributed by atoms with Gasteiger partial charge < -0.3 is 64.2 Å². The number of carbonyl (C=O) groups excluding carboxylic acids is 2. The summed E-state index contributed by atoms with van der Waals surface area (Å²) in [5.74, 6) is -0.925. The van der Waals surface area contributed by atoms with Gasteiger partial charge in [0, 0.05) is 12.8 Å². The normalized spacial score (nSPS) is 24.3. The lowest BCUT2D eigenvalue weighted by Crippen LogP contribution is -2.61. The first kappa shape index (κ1) is 71.6. The van der Waals surface area contributed by atoms with Crippen molar-refractivity contribution in [3.8, 4) is 0 Å². The zero-order chi connectivity index (χ0) is 56.7. The summed E-state index contributed by atoms with van der Waals surface area (Å²) >= 11 is 0. The van der Waals surface area contributed by atoms with Crippen molar-refractivity contribution in [2.45, 2.75) is 313 Å². The van der Waals surface area contributed by atoms with Crippen LogP contribution in [0.3, 0.4) is 0 Å². The molecule has 0 radical (unpaired) electrons. The molecule has 2 aliphatic heterocycles. The molecule has 11 unspecified atom stereocenters. The second-order valence-electron chi connectivity index (χ2n) is 21.9. The Kier molecular flexibility index (Phi) is 45.1. The number of allylic oxidation sites excluding steroid dienone is 8. The van der Waals surface area contributed by atoms with Gasteiger partial charge >= 0.3 is 11.9 Å². The maximum absolute atomic E-state index is 13.1. The average Bonchev–Trinajstić information content (AvgIpc) is 3.43. The van der Waals surface area contributed by atoms with Gasteiger partial charge in [0.05, 0.1) is 19.8 Å². The van der Waals surface area contributed by atoms with Crippen molar-refractivity contribution < 1.29 is 73.8 Å². The van der Waals surface area contributed by atoms with Gasteiger partial charge in [0.25, 0.3) is 0 Å². The van der Waals surface area contributed by atoms with Crippen LogP contribution in [0.4, 0.5) is 0 Å². The Morgan fingerprint density at radius 2 is 0.769 bits per heavy atom. The molecule has 11 atom stereocenters. The fraction of sp³-hybridized carbons (Fsp3) is 0.841. The highest BCUT2D eigenvalue weighted by Gasteiger charge is 2.47. The minimum Gasteiger partial charge on any atom is -0.462 e. The minimum atomic E-state index is -1.77. The van der Waals surface area contributed by atoms with Gasteiger partial charge in [-0.3, -0.25) is 9.59 Å². The molecule has 7 N–H and O–H groups in total. The Balaban J connectivity index is 1.72. The van der Waals surface area contributed by atoms with Crippen LogP contribution in [0.2, 0.25) is 0 Å². The molecule has 0 spiro atoms. The monoisotopic (exact) mass is 1110 g/mol. The van der Waals surface area contributed by atoms with E-state index in [1.54, 1.807) is 0 Å². The molecule has 0 aromatic carbocycles. The first-order chi connectivity index (χ1) is 38.0. The molecule has 2 heterocycles. The fourth-order valence-electron chi connectivity index (χ4n) is 9.69. The average molecular weight is 1110 g/mol. The van der Waals surface area contributed by atoms with Gasteiger partial charge in [-0.1, -0.05) is 204 Å². The first-order valence-corrected chi connectivity index (χ1v) is 31.2. The summed E-state index contributed by atoms with van der Waals surface area (Å²) in [4.78, 5) is 26.0. The molecular formula is C63H112O15. The van der Waals surface area contributed by atoms with Crippen LogP contribution in [0.1, 0.15) is 245 Å². The SMILES string of the molecule is CCCCC/C=C\C/C=C\CCCCCCCCCCCC(=O)OCC(COC1OC(COC2OC(CO)C(O)C(O)C2O)C(O)C(O)C1O)OC(=O)CCCCCCCCCCCCC/C=C\C/C=C\CCCCCCC. The number of rotatable bonds is 50. The molecule has 0 aliphatic carbocycles. The molecule has 2 rings (SSSR count). The predicted molar refractivity (Wildman–Crippen MR) is 307 cm³/mol. The van der Waals surface area contributed by atoms with Gasteiger partial charge in [0.15, 0.2) is 18.7 Å². The first-order valence-electron chi connectivity index (χ1n) is 31.2. The number of esters is 2. The van der Waals surface area contributed by atoms with Crippen molar-refractivity contribution in [3.63, 3.8) is 0 Å². The molecular weight excluding hydrogens is 997 g/mol. The number of unbranched alkanes of at least 4 members (excludes halogenated alkanes) is 28. The molecule has 454 valence electrons. The lowest BCUT2D eigenvalue weighted by molar-refractivity contribution is -0.332. The van der Waals surface area contributed by atoms with Crippen molar-refractivity contribution in [1.82, 2.24) is 0 Å². The Bertz CT molecular complexity index is 1540. The number of aliphatic hydroxyl groups excluding tert-OH is 7. The molecule has 0 aromatic heterocycles. The third-order valence-corrected chi connectivity index (χ3v) is 14.8. The van der Waals surface area contributed by atoms with Crippen molar-refractivity contribution in [3.05, 3.63) is 48.6 Å². The van der Waals surface area contributed by atoms with E-state index >= 15 is 0 Å². The number of hydrogen-bond donors (Lipinski definition) is 7. The van der Waals surface area contributed by atoms with Gasteiger partial charge in [0.1, 0.15) is 55.4 Å². The third kappa shape index (κ3) is 35.3. The van der Waals surface area contributed by atoms with E-state index in [1.807, 2.05) is 0 Å². The van der Waals surface area contributed by atoms with Crippen molar-refractivity contribution in [1.29, 1.82) is 0 Å². The Labute approximate surface area is 471 Å². The smallest absolute Gasteiger partial charge is 0.306 e. The van der Waals surface area contributed by atoms with Crippen LogP contribution in [0.15, 0.2) is 48.6 Å². The topological polar surface area (TPSA) is 231 Å². The van der Waals surface area contributed by atoms with Crippen LogP contribution in [0, 0.1) is 0 Å². The van der Waals surface area contributed by atoms with Crippen LogP contribution in [-0.2, 0) is 38.0 Å². The molecule has 0 amide bonds. The lowest BCUT2D eigenvalue weighted by atomic mass is 9.98. The summed E-state index contributed by atoms with van der Waals surface area (Å²) in [5, 5.41) is 72.4. The quantitative estimate of drug-likeness (QED) is 0.0171. The van der Waals surface area contributed by atoms with Crippen molar-refractivity contribution >= 4 is 11.9 Å². The maximum Gasteiger partial charge on any atom is 0.306 e. The van der Waals surface area contributed by atoms with Crippen LogP contribution in [-0.4, -0.2) is 142 Å². The molecule has 15 nitrogen and oxygen atoms in total. The van der Waals surface area contributed by atoms with Gasteiger partial charge in [-0.25, -0.2) is 0 Å². The lowest BCUT2D eigenvalue weighted by Gasteiger charge is -2.42. The molecule has 0 bridgehead atoms. The summed E-state index contributed by atoms with van der Waals surface area (Å²) < 4.78 is 33.8. The largest absolute Gasteiger partial charge is 0.462 e. The molecule has 0 aromatic rings. The minimum absolute atomic E-state index is 0.162.